The van der Waals surface area contributed by atoms with Crippen molar-refractivity contribution in [2.75, 3.05) is 0 Å². The zero-order valence-corrected chi connectivity index (χ0v) is 16.9. The number of rotatable bonds is 2. The van der Waals surface area contributed by atoms with Crippen LogP contribution >= 0.6 is 50.3 Å². The van der Waals surface area contributed by atoms with Crippen molar-refractivity contribution in [3.63, 3.8) is 0 Å². The fourth-order valence-electron chi connectivity index (χ4n) is 1.96. The van der Waals surface area contributed by atoms with Crippen molar-refractivity contribution in [2.45, 2.75) is 13.8 Å². The number of benzene rings is 1. The van der Waals surface area contributed by atoms with E-state index in [9.17, 15) is 4.79 Å². The van der Waals surface area contributed by atoms with Gasteiger partial charge in [-0.05, 0) is 70.9 Å². The third-order valence-corrected chi connectivity index (χ3v) is 6.35. The smallest absolute Gasteiger partial charge is 0.264 e. The summed E-state index contributed by atoms with van der Waals surface area (Å²) in [6.07, 6.45) is 1.72. The second-order valence-corrected chi connectivity index (χ2v) is 7.89. The standard InChI is InChI=1S/C16H12BrIN2O2S/c1-8-3-4-10(5-9(8)2)19-16-20-15(21)13(23-16)7-11-6-12(17)14(18)22-11/h3-7H,1-2H3,(H,19,20,21)/b13-7-. The van der Waals surface area contributed by atoms with Crippen LogP contribution in [0.25, 0.3) is 6.08 Å². The summed E-state index contributed by atoms with van der Waals surface area (Å²) in [5.41, 5.74) is 3.22. The topological polar surface area (TPSA) is 54.6 Å². The number of furan rings is 1. The number of halogens is 2. The van der Waals surface area contributed by atoms with E-state index >= 15 is 0 Å². The molecule has 0 atom stereocenters. The van der Waals surface area contributed by atoms with Crippen LogP contribution < -0.4 is 5.32 Å². The van der Waals surface area contributed by atoms with E-state index < -0.39 is 0 Å². The van der Waals surface area contributed by atoms with Crippen LogP contribution in [0.4, 0.5) is 5.69 Å². The first-order valence-electron chi connectivity index (χ1n) is 6.74. The average molecular weight is 503 g/mol. The molecule has 0 aliphatic carbocycles. The van der Waals surface area contributed by atoms with Gasteiger partial charge in [-0.3, -0.25) is 4.79 Å². The van der Waals surface area contributed by atoms with Gasteiger partial charge in [0.1, 0.15) is 5.76 Å². The molecule has 4 nitrogen and oxygen atoms in total. The second kappa shape index (κ2) is 6.82. The largest absolute Gasteiger partial charge is 0.450 e. The second-order valence-electron chi connectivity index (χ2n) is 5.02. The lowest BCUT2D eigenvalue weighted by molar-refractivity contribution is -0.115. The van der Waals surface area contributed by atoms with Crippen molar-refractivity contribution < 1.29 is 9.21 Å². The van der Waals surface area contributed by atoms with Crippen LogP contribution in [-0.2, 0) is 4.79 Å². The molecule has 1 aliphatic rings. The van der Waals surface area contributed by atoms with Crippen molar-refractivity contribution in [1.82, 2.24) is 5.32 Å². The predicted octanol–water partition coefficient (Wildman–Crippen LogP) is 5.16. The number of nitrogens with one attached hydrogen (secondary N) is 1. The van der Waals surface area contributed by atoms with E-state index in [0.29, 0.717) is 15.8 Å². The van der Waals surface area contributed by atoms with Gasteiger partial charge in [0.05, 0.1) is 15.1 Å². The van der Waals surface area contributed by atoms with Gasteiger partial charge < -0.3 is 9.73 Å². The fraction of sp³-hybridized carbons (Fsp3) is 0.125. The summed E-state index contributed by atoms with van der Waals surface area (Å²) in [5.74, 6) is 0.464. The number of carbonyl (C=O) groups is 1. The average Bonchev–Trinajstić information content (AvgIpc) is 2.98. The van der Waals surface area contributed by atoms with Crippen molar-refractivity contribution in [3.8, 4) is 0 Å². The Morgan fingerprint density at radius 3 is 2.74 bits per heavy atom. The maximum absolute atomic E-state index is 12.1. The van der Waals surface area contributed by atoms with Crippen LogP contribution in [0.3, 0.4) is 0 Å². The minimum Gasteiger partial charge on any atom is -0.450 e. The molecule has 1 N–H and O–H groups in total. The monoisotopic (exact) mass is 502 g/mol. The number of carbonyl (C=O) groups excluding carboxylic acids is 1. The molecule has 0 spiro atoms. The van der Waals surface area contributed by atoms with Crippen LogP contribution in [0.2, 0.25) is 0 Å². The van der Waals surface area contributed by atoms with Gasteiger partial charge in [0, 0.05) is 28.7 Å². The minimum atomic E-state index is -0.167. The summed E-state index contributed by atoms with van der Waals surface area (Å²) in [5, 5.41) is 3.35. The number of nitrogens with zero attached hydrogens (tertiary/aromatic N) is 1. The number of amidine groups is 1. The Morgan fingerprint density at radius 2 is 2.09 bits per heavy atom. The summed E-state index contributed by atoms with van der Waals surface area (Å²) >= 11 is 6.78. The number of aryl methyl sites for hydroxylation is 2. The summed E-state index contributed by atoms with van der Waals surface area (Å²) in [6, 6.07) is 7.80. The van der Waals surface area contributed by atoms with Crippen LogP contribution in [0.5, 0.6) is 0 Å². The number of thioether (sulfide) groups is 1. The Balaban J connectivity index is 1.84. The highest BCUT2D eigenvalue weighted by molar-refractivity contribution is 14.1. The molecule has 7 heteroatoms. The number of aliphatic imine (C=N–C) groups is 1. The van der Waals surface area contributed by atoms with E-state index in [1.165, 1.54) is 22.9 Å². The van der Waals surface area contributed by atoms with E-state index in [4.69, 9.17) is 4.42 Å². The molecule has 0 saturated carbocycles. The van der Waals surface area contributed by atoms with Crippen molar-refractivity contribution in [3.05, 3.63) is 54.3 Å². The van der Waals surface area contributed by atoms with Gasteiger partial charge in [-0.1, -0.05) is 6.07 Å². The maximum atomic E-state index is 12.1. The molecule has 1 amide bonds. The zero-order valence-electron chi connectivity index (χ0n) is 12.3. The van der Waals surface area contributed by atoms with Crippen molar-refractivity contribution >= 4 is 73.1 Å². The first-order chi connectivity index (χ1) is 10.9. The van der Waals surface area contributed by atoms with Gasteiger partial charge >= 0.3 is 0 Å². The zero-order chi connectivity index (χ0) is 16.6. The molecule has 118 valence electrons. The van der Waals surface area contributed by atoms with E-state index in [2.05, 4.69) is 55.8 Å². The number of hydrogen-bond acceptors (Lipinski definition) is 4. The lowest BCUT2D eigenvalue weighted by Gasteiger charge is -2.01. The minimum absolute atomic E-state index is 0.167. The first-order valence-corrected chi connectivity index (χ1v) is 9.43. The molecule has 1 fully saturated rings. The Morgan fingerprint density at radius 1 is 1.30 bits per heavy atom. The van der Waals surface area contributed by atoms with Gasteiger partial charge in [-0.2, -0.15) is 0 Å². The third-order valence-electron chi connectivity index (χ3n) is 3.31. The van der Waals surface area contributed by atoms with Gasteiger partial charge in [-0.25, -0.2) is 4.99 Å². The lowest BCUT2D eigenvalue weighted by Crippen LogP contribution is -2.19. The van der Waals surface area contributed by atoms with E-state index in [1.54, 1.807) is 6.08 Å². The Hall–Kier alpha value is -1.06. The fourth-order valence-corrected chi connectivity index (χ4v) is 3.49. The molecule has 1 aliphatic heterocycles. The van der Waals surface area contributed by atoms with E-state index in [-0.39, 0.29) is 5.91 Å². The normalized spacial score (nSPS) is 18.0. The van der Waals surface area contributed by atoms with Crippen LogP contribution in [-0.4, -0.2) is 11.1 Å². The third kappa shape index (κ3) is 3.89. The van der Waals surface area contributed by atoms with E-state index in [0.717, 1.165) is 13.9 Å². The first kappa shape index (κ1) is 16.8. The molecule has 1 aromatic carbocycles. The molecule has 0 bridgehead atoms. The van der Waals surface area contributed by atoms with Gasteiger partial charge in [0.25, 0.3) is 5.91 Å². The van der Waals surface area contributed by atoms with Gasteiger partial charge in [-0.15, -0.1) is 0 Å². The molecule has 0 unspecified atom stereocenters. The highest BCUT2D eigenvalue weighted by Gasteiger charge is 2.24. The molecule has 0 radical (unpaired) electrons. The quantitative estimate of drug-likeness (QED) is 0.456. The molecule has 23 heavy (non-hydrogen) atoms. The number of amides is 1. The molecule has 1 aromatic heterocycles. The van der Waals surface area contributed by atoms with Crippen LogP contribution in [0.1, 0.15) is 16.9 Å². The lowest BCUT2D eigenvalue weighted by atomic mass is 10.1. The highest BCUT2D eigenvalue weighted by Crippen LogP contribution is 2.31. The molecular weight excluding hydrogens is 491 g/mol. The molecule has 2 heterocycles. The number of hydrogen-bond donors (Lipinski definition) is 1. The van der Waals surface area contributed by atoms with Crippen molar-refractivity contribution in [2.24, 2.45) is 4.99 Å². The summed E-state index contributed by atoms with van der Waals surface area (Å²) in [4.78, 5) is 17.1. The predicted molar refractivity (Wildman–Crippen MR) is 106 cm³/mol. The molecular formula is C16H12BrIN2O2S. The summed E-state index contributed by atoms with van der Waals surface area (Å²) < 4.78 is 7.16. The molecule has 2 aromatic rings. The SMILES string of the molecule is Cc1ccc(N=C2NC(=O)/C(=C/c3cc(Br)c(I)o3)S2)cc1C. The van der Waals surface area contributed by atoms with Crippen molar-refractivity contribution in [1.29, 1.82) is 0 Å². The Labute approximate surface area is 160 Å². The summed E-state index contributed by atoms with van der Waals surface area (Å²) in [6.45, 7) is 4.10. The highest BCUT2D eigenvalue weighted by atomic mass is 127. The van der Waals surface area contributed by atoms with Gasteiger partial charge in [0.15, 0.2) is 8.93 Å². The van der Waals surface area contributed by atoms with Gasteiger partial charge in [0.2, 0.25) is 0 Å². The maximum Gasteiger partial charge on any atom is 0.264 e. The Bertz CT molecular complexity index is 838. The Kier molecular flexibility index (Phi) is 4.98. The van der Waals surface area contributed by atoms with Crippen LogP contribution in [0, 0.1) is 17.6 Å². The molecule has 1 saturated heterocycles. The van der Waals surface area contributed by atoms with Crippen LogP contribution in [0.15, 0.2) is 43.1 Å². The summed E-state index contributed by atoms with van der Waals surface area (Å²) in [7, 11) is 0. The molecule has 3 rings (SSSR count). The van der Waals surface area contributed by atoms with E-state index in [1.807, 2.05) is 31.2 Å².